The van der Waals surface area contributed by atoms with Crippen molar-refractivity contribution in [1.82, 2.24) is 0 Å². The highest BCUT2D eigenvalue weighted by molar-refractivity contribution is 4.92. The van der Waals surface area contributed by atoms with Gasteiger partial charge < -0.3 is 5.73 Å². The average Bonchev–Trinajstić information content (AvgIpc) is 2.80. The molecule has 0 aromatic rings. The van der Waals surface area contributed by atoms with Gasteiger partial charge in [-0.05, 0) is 66.7 Å². The molecular formula is C18H37N. The van der Waals surface area contributed by atoms with Gasteiger partial charge >= 0.3 is 0 Å². The van der Waals surface area contributed by atoms with Gasteiger partial charge in [-0.2, -0.15) is 0 Å². The highest BCUT2D eigenvalue weighted by atomic mass is 14.6. The lowest BCUT2D eigenvalue weighted by Crippen LogP contribution is -2.33. The van der Waals surface area contributed by atoms with Crippen LogP contribution in [-0.4, -0.2) is 6.54 Å². The molecule has 0 amide bonds. The molecule has 0 radical (unpaired) electrons. The summed E-state index contributed by atoms with van der Waals surface area (Å²) in [5.74, 6) is 6.65. The van der Waals surface area contributed by atoms with Crippen molar-refractivity contribution in [1.29, 1.82) is 0 Å². The van der Waals surface area contributed by atoms with Gasteiger partial charge in [0.25, 0.3) is 0 Å². The maximum absolute atomic E-state index is 5.88. The topological polar surface area (TPSA) is 26.0 Å². The minimum atomic E-state index is 0.654. The summed E-state index contributed by atoms with van der Waals surface area (Å²) in [6.07, 6.45) is 2.88. The third kappa shape index (κ3) is 3.74. The molecule has 0 saturated heterocycles. The largest absolute Gasteiger partial charge is 0.330 e. The van der Waals surface area contributed by atoms with Gasteiger partial charge in [-0.3, -0.25) is 0 Å². The van der Waals surface area contributed by atoms with Crippen molar-refractivity contribution in [2.75, 3.05) is 6.54 Å². The van der Waals surface area contributed by atoms with Crippen molar-refractivity contribution >= 4 is 0 Å². The van der Waals surface area contributed by atoms with Crippen LogP contribution in [0, 0.1) is 47.3 Å². The number of nitrogens with two attached hydrogens (primary N) is 1. The van der Waals surface area contributed by atoms with Gasteiger partial charge in [0.05, 0.1) is 0 Å². The summed E-state index contributed by atoms with van der Waals surface area (Å²) in [4.78, 5) is 0. The maximum Gasteiger partial charge on any atom is -0.00489 e. The Morgan fingerprint density at radius 3 is 1.79 bits per heavy atom. The van der Waals surface area contributed by atoms with E-state index in [0.29, 0.717) is 5.92 Å². The highest BCUT2D eigenvalue weighted by Crippen LogP contribution is 2.50. The average molecular weight is 268 g/mol. The molecule has 1 heteroatoms. The normalized spacial score (nSPS) is 32.8. The molecule has 1 fully saturated rings. The zero-order valence-electron chi connectivity index (χ0n) is 14.3. The van der Waals surface area contributed by atoms with Gasteiger partial charge in [-0.15, -0.1) is 0 Å². The molecule has 19 heavy (non-hydrogen) atoms. The molecule has 0 aliphatic heterocycles. The summed E-state index contributed by atoms with van der Waals surface area (Å²) in [5.41, 5.74) is 5.88. The second-order valence-electron chi connectivity index (χ2n) is 7.90. The molecule has 6 unspecified atom stereocenters. The quantitative estimate of drug-likeness (QED) is 0.734. The first-order valence-electron chi connectivity index (χ1n) is 8.51. The summed E-state index contributed by atoms with van der Waals surface area (Å²) in [6, 6.07) is 0. The van der Waals surface area contributed by atoms with Crippen LogP contribution in [0.3, 0.4) is 0 Å². The highest BCUT2D eigenvalue weighted by Gasteiger charge is 2.42. The minimum Gasteiger partial charge on any atom is -0.330 e. The fourth-order valence-electron chi connectivity index (χ4n) is 4.59. The van der Waals surface area contributed by atoms with Crippen LogP contribution < -0.4 is 5.73 Å². The molecule has 0 aromatic heterocycles. The van der Waals surface area contributed by atoms with Gasteiger partial charge in [-0.25, -0.2) is 0 Å². The third-order valence-corrected chi connectivity index (χ3v) is 6.22. The van der Waals surface area contributed by atoms with Crippen LogP contribution in [0.15, 0.2) is 0 Å². The van der Waals surface area contributed by atoms with Crippen LogP contribution >= 0.6 is 0 Å². The maximum atomic E-state index is 5.88. The summed E-state index contributed by atoms with van der Waals surface area (Å²) in [5, 5.41) is 0. The fraction of sp³-hybridized carbons (Fsp3) is 1.00. The number of rotatable bonds is 6. The first-order chi connectivity index (χ1) is 8.81. The molecule has 1 saturated carbocycles. The van der Waals surface area contributed by atoms with Crippen LogP contribution in [0.25, 0.3) is 0 Å². The van der Waals surface area contributed by atoms with Gasteiger partial charge in [0.1, 0.15) is 0 Å². The van der Waals surface area contributed by atoms with E-state index in [4.69, 9.17) is 5.73 Å². The van der Waals surface area contributed by atoms with Crippen LogP contribution in [0.1, 0.15) is 61.3 Å². The van der Waals surface area contributed by atoms with E-state index < -0.39 is 0 Å². The van der Waals surface area contributed by atoms with E-state index in [-0.39, 0.29) is 0 Å². The molecule has 0 aromatic carbocycles. The first kappa shape index (κ1) is 17.0. The van der Waals surface area contributed by atoms with Crippen LogP contribution in [0.2, 0.25) is 0 Å². The Balaban J connectivity index is 2.81. The van der Waals surface area contributed by atoms with E-state index >= 15 is 0 Å². The predicted octanol–water partition coefficient (Wildman–Crippen LogP) is 4.81. The van der Waals surface area contributed by atoms with E-state index in [0.717, 1.165) is 48.0 Å². The van der Waals surface area contributed by atoms with Crippen molar-refractivity contribution in [2.45, 2.75) is 61.3 Å². The van der Waals surface area contributed by atoms with E-state index in [2.05, 4.69) is 48.5 Å². The van der Waals surface area contributed by atoms with Gasteiger partial charge in [0, 0.05) is 0 Å². The van der Waals surface area contributed by atoms with E-state index in [1.807, 2.05) is 0 Å². The van der Waals surface area contributed by atoms with Crippen molar-refractivity contribution in [3.63, 3.8) is 0 Å². The molecule has 1 aliphatic rings. The SMILES string of the molecule is CC(C)C1CCC(C(C)C(C)C(C)CN)C1C(C)C. The molecule has 0 heterocycles. The van der Waals surface area contributed by atoms with Crippen LogP contribution in [0.4, 0.5) is 0 Å². The van der Waals surface area contributed by atoms with Gasteiger partial charge in [-0.1, -0.05) is 48.5 Å². The van der Waals surface area contributed by atoms with Crippen molar-refractivity contribution in [3.05, 3.63) is 0 Å². The van der Waals surface area contributed by atoms with Gasteiger partial charge in [0.15, 0.2) is 0 Å². The fourth-order valence-corrected chi connectivity index (χ4v) is 4.59. The third-order valence-electron chi connectivity index (χ3n) is 6.22. The van der Waals surface area contributed by atoms with E-state index in [1.54, 1.807) is 0 Å². The molecule has 6 atom stereocenters. The van der Waals surface area contributed by atoms with Crippen LogP contribution in [-0.2, 0) is 0 Å². The molecule has 1 aliphatic carbocycles. The number of hydrogen-bond acceptors (Lipinski definition) is 1. The summed E-state index contributed by atoms with van der Waals surface area (Å²) < 4.78 is 0. The molecule has 1 nitrogen and oxygen atoms in total. The zero-order valence-corrected chi connectivity index (χ0v) is 14.3. The Labute approximate surface area is 121 Å². The first-order valence-corrected chi connectivity index (χ1v) is 8.51. The Kier molecular flexibility index (Phi) is 6.36. The summed E-state index contributed by atoms with van der Waals surface area (Å²) in [6.45, 7) is 17.8. The second-order valence-corrected chi connectivity index (χ2v) is 7.90. The smallest absolute Gasteiger partial charge is 0.00489 e. The molecule has 0 bridgehead atoms. The molecule has 2 N–H and O–H groups in total. The monoisotopic (exact) mass is 267 g/mol. The lowest BCUT2D eigenvalue weighted by atomic mass is 9.68. The second kappa shape index (κ2) is 7.11. The Bertz CT molecular complexity index is 258. The lowest BCUT2D eigenvalue weighted by Gasteiger charge is -2.37. The molecule has 1 rings (SSSR count). The zero-order chi connectivity index (χ0) is 14.7. The molecule has 0 spiro atoms. The number of hydrogen-bond donors (Lipinski definition) is 1. The minimum absolute atomic E-state index is 0.654. The Hall–Kier alpha value is -0.0400. The lowest BCUT2D eigenvalue weighted by molar-refractivity contribution is 0.111. The molecule has 114 valence electrons. The predicted molar refractivity (Wildman–Crippen MR) is 85.9 cm³/mol. The van der Waals surface area contributed by atoms with Gasteiger partial charge in [0.2, 0.25) is 0 Å². The summed E-state index contributed by atoms with van der Waals surface area (Å²) in [7, 11) is 0. The Morgan fingerprint density at radius 2 is 1.37 bits per heavy atom. The summed E-state index contributed by atoms with van der Waals surface area (Å²) >= 11 is 0. The van der Waals surface area contributed by atoms with Crippen molar-refractivity contribution in [2.24, 2.45) is 53.1 Å². The Morgan fingerprint density at radius 1 is 0.842 bits per heavy atom. The van der Waals surface area contributed by atoms with Crippen LogP contribution in [0.5, 0.6) is 0 Å². The van der Waals surface area contributed by atoms with Crippen molar-refractivity contribution < 1.29 is 0 Å². The van der Waals surface area contributed by atoms with E-state index in [9.17, 15) is 0 Å². The molecular weight excluding hydrogens is 230 g/mol. The van der Waals surface area contributed by atoms with E-state index in [1.165, 1.54) is 12.8 Å². The van der Waals surface area contributed by atoms with Crippen molar-refractivity contribution in [3.8, 4) is 0 Å². The standard InChI is InChI=1S/C18H37N/c1-11(2)16-8-9-17(18(16)12(3)4)15(7)14(6)13(5)10-19/h11-18H,8-10,19H2,1-7H3.